The van der Waals surface area contributed by atoms with Crippen LogP contribution in [0.25, 0.3) is 22.3 Å². The third-order valence-corrected chi connectivity index (χ3v) is 6.82. The normalized spacial score (nSPS) is 15.1. The van der Waals surface area contributed by atoms with Gasteiger partial charge in [0, 0.05) is 5.56 Å². The first kappa shape index (κ1) is 20.5. The molecule has 1 aromatic carbocycles. The molecule has 160 valence electrons. The van der Waals surface area contributed by atoms with Crippen LogP contribution in [0.3, 0.4) is 0 Å². The summed E-state index contributed by atoms with van der Waals surface area (Å²) >= 11 is 0. The van der Waals surface area contributed by atoms with E-state index >= 15 is 0 Å². The molecule has 3 N–H and O–H groups in total. The molecular formula is C20H25FN6O2S. The predicted molar refractivity (Wildman–Crippen MR) is 115 cm³/mol. The van der Waals surface area contributed by atoms with Gasteiger partial charge in [-0.05, 0) is 31.4 Å². The second kappa shape index (κ2) is 8.17. The largest absolute Gasteiger partial charge is 0.383 e. The van der Waals surface area contributed by atoms with Crippen molar-refractivity contribution in [1.82, 2.24) is 19.7 Å². The van der Waals surface area contributed by atoms with Crippen LogP contribution in [0.5, 0.6) is 0 Å². The number of aromatic nitrogens is 4. The third-order valence-electron chi connectivity index (χ3n) is 5.46. The molecule has 0 amide bonds. The Kier molecular flexibility index (Phi) is 5.59. The maximum absolute atomic E-state index is 14.8. The van der Waals surface area contributed by atoms with Gasteiger partial charge < -0.3 is 5.73 Å². The van der Waals surface area contributed by atoms with Crippen molar-refractivity contribution in [3.05, 3.63) is 30.3 Å². The second-order valence-corrected chi connectivity index (χ2v) is 9.50. The molecule has 0 aliphatic heterocycles. The summed E-state index contributed by atoms with van der Waals surface area (Å²) in [5.41, 5.74) is 7.65. The molecule has 3 aromatic rings. The number of anilines is 2. The Morgan fingerprint density at radius 2 is 2.03 bits per heavy atom. The van der Waals surface area contributed by atoms with Crippen molar-refractivity contribution >= 4 is 32.6 Å². The number of nitrogens with zero attached hydrogens (tertiary/aromatic N) is 4. The predicted octanol–water partition coefficient (Wildman–Crippen LogP) is 3.87. The number of halogens is 1. The molecule has 0 atom stereocenters. The Balaban J connectivity index is 1.73. The van der Waals surface area contributed by atoms with Gasteiger partial charge in [0.2, 0.25) is 10.0 Å². The SMILES string of the molecule is CCCCS(=O)(=O)Nc1ccc(-c2nn(C3CCCC3)c3ncnc(N)c23)cc1F. The maximum Gasteiger partial charge on any atom is 0.232 e. The van der Waals surface area contributed by atoms with Gasteiger partial charge in [-0.3, -0.25) is 4.72 Å². The average Bonchev–Trinajstić information content (AvgIpc) is 3.36. The molecular weight excluding hydrogens is 407 g/mol. The van der Waals surface area contributed by atoms with Gasteiger partial charge >= 0.3 is 0 Å². The van der Waals surface area contributed by atoms with E-state index in [4.69, 9.17) is 10.8 Å². The summed E-state index contributed by atoms with van der Waals surface area (Å²) in [4.78, 5) is 8.45. The lowest BCUT2D eigenvalue weighted by Crippen LogP contribution is -2.17. The number of hydrogen-bond acceptors (Lipinski definition) is 6. The molecule has 1 aliphatic carbocycles. The molecule has 0 radical (unpaired) electrons. The molecule has 0 unspecified atom stereocenters. The van der Waals surface area contributed by atoms with Gasteiger partial charge in [0.25, 0.3) is 0 Å². The smallest absolute Gasteiger partial charge is 0.232 e. The number of nitrogens with two attached hydrogens (primary N) is 1. The van der Waals surface area contributed by atoms with E-state index < -0.39 is 15.8 Å². The van der Waals surface area contributed by atoms with Crippen LogP contribution in [0.4, 0.5) is 15.9 Å². The first-order chi connectivity index (χ1) is 14.4. The number of nitrogens with one attached hydrogen (secondary N) is 1. The van der Waals surface area contributed by atoms with Gasteiger partial charge in [0.1, 0.15) is 23.7 Å². The first-order valence-corrected chi connectivity index (χ1v) is 11.8. The van der Waals surface area contributed by atoms with Crippen LogP contribution in [-0.4, -0.2) is 33.9 Å². The van der Waals surface area contributed by atoms with Gasteiger partial charge in [-0.15, -0.1) is 0 Å². The number of fused-ring (bicyclic) bond motifs is 1. The highest BCUT2D eigenvalue weighted by molar-refractivity contribution is 7.92. The van der Waals surface area contributed by atoms with E-state index in [-0.39, 0.29) is 23.3 Å². The highest BCUT2D eigenvalue weighted by atomic mass is 32.2. The van der Waals surface area contributed by atoms with E-state index in [1.807, 2.05) is 11.6 Å². The van der Waals surface area contributed by atoms with Crippen LogP contribution in [-0.2, 0) is 10.0 Å². The molecule has 2 heterocycles. The third kappa shape index (κ3) is 3.96. The van der Waals surface area contributed by atoms with Crippen LogP contribution < -0.4 is 10.5 Å². The minimum absolute atomic E-state index is 0.0466. The molecule has 4 rings (SSSR count). The molecule has 0 spiro atoms. The molecule has 30 heavy (non-hydrogen) atoms. The summed E-state index contributed by atoms with van der Waals surface area (Å²) in [6.07, 6.45) is 6.93. The number of sulfonamides is 1. The van der Waals surface area contributed by atoms with Crippen molar-refractivity contribution in [2.45, 2.75) is 51.5 Å². The molecule has 1 saturated carbocycles. The summed E-state index contributed by atoms with van der Waals surface area (Å²) in [5, 5.41) is 5.30. The zero-order valence-corrected chi connectivity index (χ0v) is 17.6. The van der Waals surface area contributed by atoms with Crippen LogP contribution in [0.1, 0.15) is 51.5 Å². The zero-order chi connectivity index (χ0) is 21.3. The van der Waals surface area contributed by atoms with Gasteiger partial charge in [0.05, 0.1) is 22.9 Å². The summed E-state index contributed by atoms with van der Waals surface area (Å²) in [6, 6.07) is 4.54. The fourth-order valence-electron chi connectivity index (χ4n) is 3.90. The summed E-state index contributed by atoms with van der Waals surface area (Å²) in [6.45, 7) is 1.90. The standard InChI is InChI=1S/C20H25FN6O2S/c1-2-3-10-30(28,29)26-16-9-8-13(11-15(16)21)18-17-19(22)23-12-24-20(17)27(25-18)14-6-4-5-7-14/h8-9,11-12,14,26H,2-7,10H2,1H3,(H2,22,23,24). The zero-order valence-electron chi connectivity index (χ0n) is 16.8. The van der Waals surface area contributed by atoms with Gasteiger partial charge in [-0.25, -0.2) is 27.5 Å². The van der Waals surface area contributed by atoms with Gasteiger partial charge in [0.15, 0.2) is 5.65 Å². The Bertz CT molecular complexity index is 1170. The van der Waals surface area contributed by atoms with Crippen molar-refractivity contribution in [3.63, 3.8) is 0 Å². The molecule has 2 aromatic heterocycles. The van der Waals surface area contributed by atoms with Crippen molar-refractivity contribution in [1.29, 1.82) is 0 Å². The number of rotatable bonds is 7. The minimum Gasteiger partial charge on any atom is -0.383 e. The van der Waals surface area contributed by atoms with E-state index in [2.05, 4.69) is 14.7 Å². The van der Waals surface area contributed by atoms with Crippen molar-refractivity contribution in [3.8, 4) is 11.3 Å². The Morgan fingerprint density at radius 1 is 1.27 bits per heavy atom. The maximum atomic E-state index is 14.8. The number of benzene rings is 1. The molecule has 0 bridgehead atoms. The Hall–Kier alpha value is -2.75. The summed E-state index contributed by atoms with van der Waals surface area (Å²) < 4.78 is 43.2. The molecule has 1 fully saturated rings. The molecule has 8 nitrogen and oxygen atoms in total. The summed E-state index contributed by atoms with van der Waals surface area (Å²) in [7, 11) is -3.59. The Morgan fingerprint density at radius 3 is 2.73 bits per heavy atom. The fourth-order valence-corrected chi connectivity index (χ4v) is 5.17. The Labute approximate surface area is 174 Å². The topological polar surface area (TPSA) is 116 Å². The van der Waals surface area contributed by atoms with Crippen molar-refractivity contribution in [2.24, 2.45) is 0 Å². The van der Waals surface area contributed by atoms with E-state index in [9.17, 15) is 12.8 Å². The second-order valence-electron chi connectivity index (χ2n) is 7.66. The van der Waals surface area contributed by atoms with Gasteiger partial charge in [-0.2, -0.15) is 5.10 Å². The number of unbranched alkanes of at least 4 members (excludes halogenated alkanes) is 1. The van der Waals surface area contributed by atoms with Gasteiger partial charge in [-0.1, -0.05) is 32.3 Å². The average molecular weight is 433 g/mol. The molecule has 10 heteroatoms. The quantitative estimate of drug-likeness (QED) is 0.585. The van der Waals surface area contributed by atoms with Crippen molar-refractivity contribution in [2.75, 3.05) is 16.2 Å². The van der Waals surface area contributed by atoms with E-state index in [0.29, 0.717) is 28.7 Å². The lowest BCUT2D eigenvalue weighted by molar-refractivity contribution is 0.479. The van der Waals surface area contributed by atoms with Crippen molar-refractivity contribution < 1.29 is 12.8 Å². The van der Waals surface area contributed by atoms with E-state index in [0.717, 1.165) is 32.1 Å². The lowest BCUT2D eigenvalue weighted by atomic mass is 10.1. The highest BCUT2D eigenvalue weighted by Crippen LogP contribution is 2.37. The van der Waals surface area contributed by atoms with Crippen LogP contribution >= 0.6 is 0 Å². The summed E-state index contributed by atoms with van der Waals surface area (Å²) in [5.74, 6) is -0.440. The van der Waals surface area contributed by atoms with E-state index in [1.54, 1.807) is 6.07 Å². The number of hydrogen-bond donors (Lipinski definition) is 2. The molecule has 1 aliphatic rings. The van der Waals surface area contributed by atoms with Crippen LogP contribution in [0, 0.1) is 5.82 Å². The van der Waals surface area contributed by atoms with Crippen LogP contribution in [0.2, 0.25) is 0 Å². The van der Waals surface area contributed by atoms with Crippen LogP contribution in [0.15, 0.2) is 24.5 Å². The minimum atomic E-state index is -3.59. The highest BCUT2D eigenvalue weighted by Gasteiger charge is 2.25. The van der Waals surface area contributed by atoms with E-state index in [1.165, 1.54) is 18.5 Å². The monoisotopic (exact) mass is 432 g/mol. The molecule has 0 saturated heterocycles. The lowest BCUT2D eigenvalue weighted by Gasteiger charge is -2.10. The number of nitrogen functional groups attached to an aromatic ring is 1. The fraction of sp³-hybridized carbons (Fsp3) is 0.450. The first-order valence-electron chi connectivity index (χ1n) is 10.2.